The summed E-state index contributed by atoms with van der Waals surface area (Å²) in [4.78, 5) is 11.6. The standard InChI is InChI=1S/C12H24N2O2/c1-9(8-16-2)5-12(15)14-7-10-3-4-11(13)6-10/h9-11H,3-8,13H2,1-2H3,(H,14,15). The van der Waals surface area contributed by atoms with Gasteiger partial charge in [-0.05, 0) is 31.1 Å². The van der Waals surface area contributed by atoms with E-state index in [0.29, 0.717) is 25.0 Å². The monoisotopic (exact) mass is 228 g/mol. The summed E-state index contributed by atoms with van der Waals surface area (Å²) in [6.45, 7) is 3.45. The Kier molecular flexibility index (Phi) is 5.77. The Bertz CT molecular complexity index is 221. The molecule has 0 aromatic carbocycles. The van der Waals surface area contributed by atoms with Gasteiger partial charge in [-0.1, -0.05) is 6.92 Å². The van der Waals surface area contributed by atoms with Crippen LogP contribution in [0.15, 0.2) is 0 Å². The van der Waals surface area contributed by atoms with Crippen molar-refractivity contribution in [2.45, 2.75) is 38.6 Å². The first kappa shape index (κ1) is 13.5. The van der Waals surface area contributed by atoms with Gasteiger partial charge in [0, 0.05) is 32.7 Å². The number of amides is 1. The Morgan fingerprint density at radius 3 is 2.88 bits per heavy atom. The van der Waals surface area contributed by atoms with Gasteiger partial charge in [0.05, 0.1) is 0 Å². The quantitative estimate of drug-likeness (QED) is 0.710. The molecule has 0 bridgehead atoms. The molecule has 3 unspecified atom stereocenters. The molecule has 0 aliphatic heterocycles. The smallest absolute Gasteiger partial charge is 0.220 e. The normalized spacial score (nSPS) is 26.7. The molecule has 94 valence electrons. The second-order valence-electron chi connectivity index (χ2n) is 5.01. The van der Waals surface area contributed by atoms with Gasteiger partial charge in [-0.2, -0.15) is 0 Å². The lowest BCUT2D eigenvalue weighted by Crippen LogP contribution is -2.30. The maximum atomic E-state index is 11.6. The van der Waals surface area contributed by atoms with Crippen molar-refractivity contribution in [1.29, 1.82) is 0 Å². The SMILES string of the molecule is COCC(C)CC(=O)NCC1CCC(N)C1. The van der Waals surface area contributed by atoms with Crippen LogP contribution < -0.4 is 11.1 Å². The van der Waals surface area contributed by atoms with Crippen LogP contribution in [0, 0.1) is 11.8 Å². The predicted molar refractivity (Wildman–Crippen MR) is 64.0 cm³/mol. The fourth-order valence-electron chi connectivity index (χ4n) is 2.29. The van der Waals surface area contributed by atoms with Crippen LogP contribution in [0.25, 0.3) is 0 Å². The lowest BCUT2D eigenvalue weighted by atomic mass is 10.1. The van der Waals surface area contributed by atoms with Gasteiger partial charge in [0.2, 0.25) is 5.91 Å². The molecule has 0 aromatic heterocycles. The number of carbonyl (C=O) groups is 1. The molecule has 4 heteroatoms. The van der Waals surface area contributed by atoms with Gasteiger partial charge < -0.3 is 15.8 Å². The third-order valence-electron chi connectivity index (χ3n) is 3.15. The van der Waals surface area contributed by atoms with Crippen LogP contribution in [0.2, 0.25) is 0 Å². The van der Waals surface area contributed by atoms with Crippen LogP contribution in [0.4, 0.5) is 0 Å². The van der Waals surface area contributed by atoms with Gasteiger partial charge in [-0.15, -0.1) is 0 Å². The largest absolute Gasteiger partial charge is 0.384 e. The van der Waals surface area contributed by atoms with Crippen molar-refractivity contribution in [1.82, 2.24) is 5.32 Å². The molecule has 0 aromatic rings. The highest BCUT2D eigenvalue weighted by molar-refractivity contribution is 5.76. The second kappa shape index (κ2) is 6.86. The van der Waals surface area contributed by atoms with Crippen molar-refractivity contribution in [3.05, 3.63) is 0 Å². The Labute approximate surface area is 97.9 Å². The minimum Gasteiger partial charge on any atom is -0.384 e. The number of carbonyl (C=O) groups excluding carboxylic acids is 1. The fourth-order valence-corrected chi connectivity index (χ4v) is 2.29. The van der Waals surface area contributed by atoms with Crippen molar-refractivity contribution in [2.75, 3.05) is 20.3 Å². The molecular weight excluding hydrogens is 204 g/mol. The van der Waals surface area contributed by atoms with Gasteiger partial charge in [0.1, 0.15) is 0 Å². The van der Waals surface area contributed by atoms with Crippen LogP contribution in [0.1, 0.15) is 32.6 Å². The molecule has 4 nitrogen and oxygen atoms in total. The Morgan fingerprint density at radius 1 is 1.56 bits per heavy atom. The highest BCUT2D eigenvalue weighted by Gasteiger charge is 2.22. The molecule has 1 rings (SSSR count). The first-order valence-electron chi connectivity index (χ1n) is 6.13. The molecular formula is C12H24N2O2. The number of rotatable bonds is 6. The molecule has 1 aliphatic carbocycles. The van der Waals surface area contributed by atoms with Crippen molar-refractivity contribution >= 4 is 5.91 Å². The predicted octanol–water partition coefficient (Wildman–Crippen LogP) is 0.903. The molecule has 16 heavy (non-hydrogen) atoms. The number of nitrogens with two attached hydrogens (primary N) is 1. The van der Waals surface area contributed by atoms with Gasteiger partial charge in [-0.3, -0.25) is 4.79 Å². The first-order valence-corrected chi connectivity index (χ1v) is 6.13. The van der Waals surface area contributed by atoms with Gasteiger partial charge in [0.25, 0.3) is 0 Å². The van der Waals surface area contributed by atoms with E-state index in [2.05, 4.69) is 5.32 Å². The van der Waals surface area contributed by atoms with Crippen molar-refractivity contribution in [3.8, 4) is 0 Å². The van der Waals surface area contributed by atoms with E-state index >= 15 is 0 Å². The Balaban J connectivity index is 2.10. The molecule has 0 spiro atoms. The first-order chi connectivity index (χ1) is 7.61. The molecule has 0 saturated heterocycles. The maximum Gasteiger partial charge on any atom is 0.220 e. The fraction of sp³-hybridized carbons (Fsp3) is 0.917. The topological polar surface area (TPSA) is 64.3 Å². The zero-order valence-corrected chi connectivity index (χ0v) is 10.4. The van der Waals surface area contributed by atoms with E-state index in [1.54, 1.807) is 7.11 Å². The summed E-state index contributed by atoms with van der Waals surface area (Å²) >= 11 is 0. The van der Waals surface area contributed by atoms with E-state index in [1.807, 2.05) is 6.92 Å². The average molecular weight is 228 g/mol. The van der Waals surface area contributed by atoms with E-state index in [-0.39, 0.29) is 11.8 Å². The van der Waals surface area contributed by atoms with Crippen LogP contribution in [-0.2, 0) is 9.53 Å². The van der Waals surface area contributed by atoms with Crippen molar-refractivity contribution in [2.24, 2.45) is 17.6 Å². The van der Waals surface area contributed by atoms with Gasteiger partial charge in [-0.25, -0.2) is 0 Å². The summed E-state index contributed by atoms with van der Waals surface area (Å²) in [5.74, 6) is 0.998. The van der Waals surface area contributed by atoms with Crippen LogP contribution in [0.5, 0.6) is 0 Å². The van der Waals surface area contributed by atoms with E-state index in [0.717, 1.165) is 25.8 Å². The maximum absolute atomic E-state index is 11.6. The molecule has 0 radical (unpaired) electrons. The third kappa shape index (κ3) is 4.94. The third-order valence-corrected chi connectivity index (χ3v) is 3.15. The molecule has 0 heterocycles. The number of ether oxygens (including phenoxy) is 1. The van der Waals surface area contributed by atoms with Gasteiger partial charge in [0.15, 0.2) is 0 Å². The molecule has 3 atom stereocenters. The Hall–Kier alpha value is -0.610. The Morgan fingerprint density at radius 2 is 2.31 bits per heavy atom. The highest BCUT2D eigenvalue weighted by atomic mass is 16.5. The zero-order valence-electron chi connectivity index (χ0n) is 10.4. The summed E-state index contributed by atoms with van der Waals surface area (Å²) in [5, 5.41) is 2.98. The van der Waals surface area contributed by atoms with E-state index in [4.69, 9.17) is 10.5 Å². The van der Waals surface area contributed by atoms with Crippen molar-refractivity contribution < 1.29 is 9.53 Å². The summed E-state index contributed by atoms with van der Waals surface area (Å²) in [5.41, 5.74) is 5.82. The van der Waals surface area contributed by atoms with Crippen LogP contribution >= 0.6 is 0 Å². The summed E-state index contributed by atoms with van der Waals surface area (Å²) in [7, 11) is 1.66. The second-order valence-corrected chi connectivity index (χ2v) is 5.01. The number of hydrogen-bond donors (Lipinski definition) is 2. The summed E-state index contributed by atoms with van der Waals surface area (Å²) in [6.07, 6.45) is 3.84. The van der Waals surface area contributed by atoms with Crippen LogP contribution in [-0.4, -0.2) is 32.2 Å². The number of hydrogen-bond acceptors (Lipinski definition) is 3. The van der Waals surface area contributed by atoms with E-state index in [9.17, 15) is 4.79 Å². The van der Waals surface area contributed by atoms with Crippen LogP contribution in [0.3, 0.4) is 0 Å². The zero-order chi connectivity index (χ0) is 12.0. The number of methoxy groups -OCH3 is 1. The lowest BCUT2D eigenvalue weighted by molar-refractivity contribution is -0.122. The summed E-state index contributed by atoms with van der Waals surface area (Å²) in [6, 6.07) is 0.342. The molecule has 3 N–H and O–H groups in total. The number of nitrogens with one attached hydrogen (secondary N) is 1. The summed E-state index contributed by atoms with van der Waals surface area (Å²) < 4.78 is 5.00. The highest BCUT2D eigenvalue weighted by Crippen LogP contribution is 2.23. The van der Waals surface area contributed by atoms with E-state index in [1.165, 1.54) is 0 Å². The van der Waals surface area contributed by atoms with Gasteiger partial charge >= 0.3 is 0 Å². The molecule has 1 fully saturated rings. The van der Waals surface area contributed by atoms with Crippen molar-refractivity contribution in [3.63, 3.8) is 0 Å². The van der Waals surface area contributed by atoms with E-state index < -0.39 is 0 Å². The molecule has 1 aliphatic rings. The minimum atomic E-state index is 0.130. The average Bonchev–Trinajstić information content (AvgIpc) is 2.61. The lowest BCUT2D eigenvalue weighted by Gasteiger charge is -2.13. The molecule has 1 amide bonds. The minimum absolute atomic E-state index is 0.130. The molecule has 1 saturated carbocycles.